The molecule has 0 atom stereocenters. The first kappa shape index (κ1) is 15.0. The molecular formula is C15H26N2O. The maximum atomic E-state index is 5.78. The van der Waals surface area contributed by atoms with Crippen molar-refractivity contribution in [3.05, 3.63) is 29.8 Å². The second-order valence-electron chi connectivity index (χ2n) is 4.85. The highest BCUT2D eigenvalue weighted by Crippen LogP contribution is 2.13. The summed E-state index contributed by atoms with van der Waals surface area (Å²) in [4.78, 5) is 2.28. The van der Waals surface area contributed by atoms with E-state index in [-0.39, 0.29) is 0 Å². The Morgan fingerprint density at radius 1 is 1.33 bits per heavy atom. The van der Waals surface area contributed by atoms with Crippen LogP contribution < -0.4 is 10.1 Å². The standard InChI is InChI=1S/C15H26N2O/c1-5-16-12-14-7-6-8-15(11-14)18-10-9-17(4)13(2)3/h6-8,11,13,16H,5,9-10,12H2,1-4H3. The van der Waals surface area contributed by atoms with Crippen LogP contribution in [0.4, 0.5) is 0 Å². The first-order valence-corrected chi connectivity index (χ1v) is 6.76. The van der Waals surface area contributed by atoms with Crippen molar-refractivity contribution >= 4 is 0 Å². The lowest BCUT2D eigenvalue weighted by molar-refractivity contribution is 0.208. The summed E-state index contributed by atoms with van der Waals surface area (Å²) in [6, 6.07) is 8.86. The molecule has 0 radical (unpaired) electrons. The summed E-state index contributed by atoms with van der Waals surface area (Å²) in [7, 11) is 2.12. The molecule has 1 aromatic carbocycles. The molecule has 0 aromatic heterocycles. The molecule has 1 N–H and O–H groups in total. The normalized spacial score (nSPS) is 11.2. The zero-order chi connectivity index (χ0) is 13.4. The van der Waals surface area contributed by atoms with E-state index in [1.165, 1.54) is 5.56 Å². The third-order valence-corrected chi connectivity index (χ3v) is 3.07. The Hall–Kier alpha value is -1.06. The summed E-state index contributed by atoms with van der Waals surface area (Å²) in [5.74, 6) is 0.961. The van der Waals surface area contributed by atoms with Gasteiger partial charge in [0.25, 0.3) is 0 Å². The number of likely N-dealkylation sites (N-methyl/N-ethyl adjacent to an activating group) is 1. The van der Waals surface area contributed by atoms with Gasteiger partial charge in [0, 0.05) is 19.1 Å². The molecule has 0 aliphatic rings. The molecule has 3 heteroatoms. The first-order valence-electron chi connectivity index (χ1n) is 6.76. The van der Waals surface area contributed by atoms with Gasteiger partial charge in [0.1, 0.15) is 12.4 Å². The van der Waals surface area contributed by atoms with Crippen molar-refractivity contribution in [2.75, 3.05) is 26.7 Å². The van der Waals surface area contributed by atoms with Crippen LogP contribution in [0.15, 0.2) is 24.3 Å². The van der Waals surface area contributed by atoms with Crippen molar-refractivity contribution in [3.63, 3.8) is 0 Å². The Labute approximate surface area is 111 Å². The number of nitrogens with zero attached hydrogens (tertiary/aromatic N) is 1. The lowest BCUT2D eigenvalue weighted by atomic mass is 10.2. The summed E-state index contributed by atoms with van der Waals surface area (Å²) in [6.07, 6.45) is 0. The highest BCUT2D eigenvalue weighted by Gasteiger charge is 2.03. The van der Waals surface area contributed by atoms with Crippen LogP contribution in [0.1, 0.15) is 26.3 Å². The molecule has 0 aliphatic carbocycles. The van der Waals surface area contributed by atoms with Crippen LogP contribution in [-0.4, -0.2) is 37.7 Å². The van der Waals surface area contributed by atoms with Gasteiger partial charge in [-0.3, -0.25) is 0 Å². The Bertz CT molecular complexity index is 339. The van der Waals surface area contributed by atoms with Gasteiger partial charge in [-0.2, -0.15) is 0 Å². The number of hydrogen-bond acceptors (Lipinski definition) is 3. The summed E-state index contributed by atoms with van der Waals surface area (Å²) < 4.78 is 5.78. The zero-order valence-electron chi connectivity index (χ0n) is 12.1. The predicted molar refractivity (Wildman–Crippen MR) is 77.1 cm³/mol. The molecule has 0 amide bonds. The van der Waals surface area contributed by atoms with Gasteiger partial charge in [-0.25, -0.2) is 0 Å². The number of rotatable bonds is 8. The summed E-state index contributed by atoms with van der Waals surface area (Å²) in [6.45, 7) is 10.1. The Morgan fingerprint density at radius 3 is 2.78 bits per heavy atom. The molecule has 0 saturated heterocycles. The molecule has 0 heterocycles. The SMILES string of the molecule is CCNCc1cccc(OCCN(C)C(C)C)c1. The number of nitrogens with one attached hydrogen (secondary N) is 1. The van der Waals surface area contributed by atoms with E-state index in [2.05, 4.69) is 50.2 Å². The maximum absolute atomic E-state index is 5.78. The third kappa shape index (κ3) is 5.52. The smallest absolute Gasteiger partial charge is 0.119 e. The average molecular weight is 250 g/mol. The third-order valence-electron chi connectivity index (χ3n) is 3.07. The molecule has 0 spiro atoms. The van der Waals surface area contributed by atoms with Gasteiger partial charge in [0.05, 0.1) is 0 Å². The molecule has 0 aliphatic heterocycles. The van der Waals surface area contributed by atoms with Gasteiger partial charge in [0.15, 0.2) is 0 Å². The molecule has 0 saturated carbocycles. The van der Waals surface area contributed by atoms with Crippen molar-refractivity contribution in [2.24, 2.45) is 0 Å². The first-order chi connectivity index (χ1) is 8.63. The fourth-order valence-corrected chi connectivity index (χ4v) is 1.58. The van der Waals surface area contributed by atoms with E-state index in [1.807, 2.05) is 12.1 Å². The number of benzene rings is 1. The van der Waals surface area contributed by atoms with E-state index < -0.39 is 0 Å². The molecule has 0 bridgehead atoms. The topological polar surface area (TPSA) is 24.5 Å². The number of ether oxygens (including phenoxy) is 1. The van der Waals surface area contributed by atoms with Crippen molar-refractivity contribution in [3.8, 4) is 5.75 Å². The van der Waals surface area contributed by atoms with Crippen molar-refractivity contribution < 1.29 is 4.74 Å². The van der Waals surface area contributed by atoms with E-state index in [0.29, 0.717) is 6.04 Å². The molecule has 1 rings (SSSR count). The summed E-state index contributed by atoms with van der Waals surface area (Å²) in [5, 5.41) is 3.32. The van der Waals surface area contributed by atoms with Crippen LogP contribution in [0, 0.1) is 0 Å². The Kier molecular flexibility index (Phi) is 6.76. The minimum absolute atomic E-state index is 0.564. The molecule has 1 aromatic rings. The van der Waals surface area contributed by atoms with E-state index in [0.717, 1.165) is 32.0 Å². The van der Waals surface area contributed by atoms with Crippen LogP contribution in [0.2, 0.25) is 0 Å². The molecular weight excluding hydrogens is 224 g/mol. The minimum Gasteiger partial charge on any atom is -0.492 e. The van der Waals surface area contributed by atoms with Crippen LogP contribution >= 0.6 is 0 Å². The van der Waals surface area contributed by atoms with Crippen LogP contribution in [0.25, 0.3) is 0 Å². The van der Waals surface area contributed by atoms with Crippen molar-refractivity contribution in [2.45, 2.75) is 33.4 Å². The lowest BCUT2D eigenvalue weighted by Gasteiger charge is -2.20. The zero-order valence-corrected chi connectivity index (χ0v) is 12.1. The van der Waals surface area contributed by atoms with Crippen LogP contribution in [0.3, 0.4) is 0 Å². The van der Waals surface area contributed by atoms with Gasteiger partial charge in [-0.15, -0.1) is 0 Å². The van der Waals surface area contributed by atoms with Gasteiger partial charge < -0.3 is 15.0 Å². The molecule has 3 nitrogen and oxygen atoms in total. The fraction of sp³-hybridized carbons (Fsp3) is 0.600. The van der Waals surface area contributed by atoms with Gasteiger partial charge in [0.2, 0.25) is 0 Å². The maximum Gasteiger partial charge on any atom is 0.119 e. The largest absolute Gasteiger partial charge is 0.492 e. The fourth-order valence-electron chi connectivity index (χ4n) is 1.58. The van der Waals surface area contributed by atoms with Gasteiger partial charge >= 0.3 is 0 Å². The highest BCUT2D eigenvalue weighted by atomic mass is 16.5. The highest BCUT2D eigenvalue weighted by molar-refractivity contribution is 5.28. The summed E-state index contributed by atoms with van der Waals surface area (Å²) in [5.41, 5.74) is 1.27. The molecule has 0 unspecified atom stereocenters. The van der Waals surface area contributed by atoms with Gasteiger partial charge in [-0.1, -0.05) is 19.1 Å². The van der Waals surface area contributed by atoms with Crippen molar-refractivity contribution in [1.29, 1.82) is 0 Å². The quantitative estimate of drug-likeness (QED) is 0.767. The molecule has 102 valence electrons. The van der Waals surface area contributed by atoms with Crippen LogP contribution in [0.5, 0.6) is 5.75 Å². The van der Waals surface area contributed by atoms with E-state index in [1.54, 1.807) is 0 Å². The molecule has 18 heavy (non-hydrogen) atoms. The second-order valence-corrected chi connectivity index (χ2v) is 4.85. The van der Waals surface area contributed by atoms with Crippen molar-refractivity contribution in [1.82, 2.24) is 10.2 Å². The predicted octanol–water partition coefficient (Wildman–Crippen LogP) is 2.52. The lowest BCUT2D eigenvalue weighted by Crippen LogP contribution is -2.30. The van der Waals surface area contributed by atoms with E-state index >= 15 is 0 Å². The average Bonchev–Trinajstić information content (AvgIpc) is 2.36. The van der Waals surface area contributed by atoms with Gasteiger partial charge in [-0.05, 0) is 45.1 Å². The van der Waals surface area contributed by atoms with E-state index in [9.17, 15) is 0 Å². The molecule has 0 fully saturated rings. The van der Waals surface area contributed by atoms with Crippen LogP contribution in [-0.2, 0) is 6.54 Å². The van der Waals surface area contributed by atoms with E-state index in [4.69, 9.17) is 4.74 Å². The monoisotopic (exact) mass is 250 g/mol. The number of hydrogen-bond donors (Lipinski definition) is 1. The summed E-state index contributed by atoms with van der Waals surface area (Å²) >= 11 is 0. The second kappa shape index (κ2) is 8.11. The Morgan fingerprint density at radius 2 is 2.11 bits per heavy atom. The minimum atomic E-state index is 0.564. The Balaban J connectivity index is 2.37.